The van der Waals surface area contributed by atoms with Crippen LogP contribution in [-0.2, 0) is 18.4 Å². The van der Waals surface area contributed by atoms with E-state index in [0.29, 0.717) is 21.8 Å². The van der Waals surface area contributed by atoms with E-state index in [2.05, 4.69) is 11.2 Å². The summed E-state index contributed by atoms with van der Waals surface area (Å²) in [6, 6.07) is 27.7. The third kappa shape index (κ3) is 5.43. The van der Waals surface area contributed by atoms with Crippen LogP contribution in [0.2, 0.25) is 5.02 Å². The van der Waals surface area contributed by atoms with E-state index >= 15 is 0 Å². The van der Waals surface area contributed by atoms with Crippen LogP contribution < -0.4 is 4.90 Å². The van der Waals surface area contributed by atoms with Gasteiger partial charge in [-0.05, 0) is 77.7 Å². The lowest BCUT2D eigenvalue weighted by atomic mass is 10.0. The highest BCUT2D eigenvalue weighted by Crippen LogP contribution is 2.30. The van der Waals surface area contributed by atoms with Crippen molar-refractivity contribution in [3.63, 3.8) is 0 Å². The minimum absolute atomic E-state index is 0.0782. The van der Waals surface area contributed by atoms with E-state index in [1.54, 1.807) is 54.6 Å². The summed E-state index contributed by atoms with van der Waals surface area (Å²) in [5.41, 5.74) is 5.13. The van der Waals surface area contributed by atoms with Crippen molar-refractivity contribution in [1.29, 1.82) is 0 Å². The summed E-state index contributed by atoms with van der Waals surface area (Å²) in [5.74, 6) is -0.406. The van der Waals surface area contributed by atoms with Gasteiger partial charge in [-0.2, -0.15) is 5.10 Å². The molecule has 5 nitrogen and oxygen atoms in total. The number of carbonyl (C=O) groups is 2. The summed E-state index contributed by atoms with van der Waals surface area (Å²) < 4.78 is 11.0. The van der Waals surface area contributed by atoms with Crippen LogP contribution >= 0.6 is 11.6 Å². The molecular formula is C32H26ClN3O2. The van der Waals surface area contributed by atoms with Gasteiger partial charge in [-0.3, -0.25) is 14.3 Å². The van der Waals surface area contributed by atoms with Crippen molar-refractivity contribution in [2.45, 2.75) is 13.4 Å². The van der Waals surface area contributed by atoms with Gasteiger partial charge in [0, 0.05) is 28.7 Å². The van der Waals surface area contributed by atoms with Crippen LogP contribution in [0.1, 0.15) is 29.8 Å². The van der Waals surface area contributed by atoms with Gasteiger partial charge in [-0.25, -0.2) is 0 Å². The normalized spacial score (nSPS) is 12.4. The second kappa shape index (κ2) is 10.9. The van der Waals surface area contributed by atoms with Crippen molar-refractivity contribution < 1.29 is 11.0 Å². The highest BCUT2D eigenvalue weighted by atomic mass is 35.5. The number of rotatable bonds is 7. The fraction of sp³-hybridized carbons (Fsp3) is 0.0938. The predicted molar refractivity (Wildman–Crippen MR) is 154 cm³/mol. The first-order valence-electron chi connectivity index (χ1n) is 12.7. The average molecular weight is 521 g/mol. The Morgan fingerprint density at radius 2 is 1.74 bits per heavy atom. The van der Waals surface area contributed by atoms with Gasteiger partial charge >= 0.3 is 0 Å². The summed E-state index contributed by atoms with van der Waals surface area (Å²) >= 11 is 6.77. The van der Waals surface area contributed by atoms with E-state index in [9.17, 15) is 11.0 Å². The van der Waals surface area contributed by atoms with Gasteiger partial charge in [-0.15, -0.1) is 0 Å². The highest BCUT2D eigenvalue weighted by Gasteiger charge is 2.20. The zero-order valence-corrected chi connectivity index (χ0v) is 21.8. The van der Waals surface area contributed by atoms with E-state index in [1.165, 1.54) is 17.9 Å². The third-order valence-corrected chi connectivity index (χ3v) is 6.57. The van der Waals surface area contributed by atoms with Crippen LogP contribution in [0.4, 0.5) is 5.69 Å². The number of carbonyl (C=O) groups excluding carboxylic acids is 2. The minimum Gasteiger partial charge on any atom is -0.304 e. The third-order valence-electron chi connectivity index (χ3n) is 6.25. The molecular weight excluding hydrogens is 494 g/mol. The lowest BCUT2D eigenvalue weighted by Crippen LogP contribution is -2.30. The molecule has 0 fully saturated rings. The van der Waals surface area contributed by atoms with Crippen molar-refractivity contribution >= 4 is 46.0 Å². The number of allylic oxidation sites excluding steroid dienone is 1. The number of amides is 1. The zero-order valence-electron chi connectivity index (χ0n) is 22.0. The molecule has 0 saturated carbocycles. The highest BCUT2D eigenvalue weighted by molar-refractivity contribution is 6.31. The molecule has 0 aliphatic carbocycles. The molecule has 1 atom stereocenters. The Hall–Kier alpha value is -4.48. The maximum absolute atomic E-state index is 13.7. The Balaban J connectivity index is 1.54. The van der Waals surface area contributed by atoms with Gasteiger partial charge in [0.1, 0.15) is 0 Å². The molecule has 38 heavy (non-hydrogen) atoms. The number of hydrogen-bond acceptors (Lipinski definition) is 3. The summed E-state index contributed by atoms with van der Waals surface area (Å²) in [7, 11) is 1.90. The lowest BCUT2D eigenvalue weighted by molar-refractivity contribution is -0.112. The van der Waals surface area contributed by atoms with Gasteiger partial charge in [0.15, 0.2) is 5.78 Å². The van der Waals surface area contributed by atoms with Gasteiger partial charge in [-0.1, -0.05) is 66.2 Å². The molecule has 0 aliphatic rings. The molecule has 0 bridgehead atoms. The van der Waals surface area contributed by atoms with Crippen LogP contribution in [0.25, 0.3) is 28.1 Å². The fourth-order valence-corrected chi connectivity index (χ4v) is 4.49. The van der Waals surface area contributed by atoms with Crippen LogP contribution in [0.5, 0.6) is 0 Å². The number of ketones is 1. The molecule has 1 amide bonds. The van der Waals surface area contributed by atoms with Crippen molar-refractivity contribution in [1.82, 2.24) is 9.78 Å². The molecule has 0 saturated heterocycles. The van der Waals surface area contributed by atoms with Crippen molar-refractivity contribution in [3.05, 3.63) is 125 Å². The first-order chi connectivity index (χ1) is 18.8. The Morgan fingerprint density at radius 1 is 0.974 bits per heavy atom. The fourth-order valence-electron chi connectivity index (χ4n) is 4.26. The topological polar surface area (TPSA) is 55.2 Å². The van der Waals surface area contributed by atoms with Crippen LogP contribution in [0.3, 0.4) is 0 Å². The maximum atomic E-state index is 13.7. The summed E-state index contributed by atoms with van der Waals surface area (Å²) in [6.07, 6.45) is 4.98. The smallest absolute Gasteiger partial charge is 0.258 e. The molecule has 0 radical (unpaired) electrons. The molecule has 1 heterocycles. The van der Waals surface area contributed by atoms with Gasteiger partial charge in [0.05, 0.1) is 19.6 Å². The number of hydrogen-bond donors (Lipinski definition) is 0. The molecule has 6 heteroatoms. The number of fused-ring (bicyclic) bond motifs is 1. The SMILES string of the molecule is [2H]C(c1ccc(-c2ccc3c(cnn3C)c2)cc1Cl)N(C(=O)c1ccccc1)c1cccc(/C=C/C(C)=O)c1. The van der Waals surface area contributed by atoms with Crippen LogP contribution in [-0.4, -0.2) is 21.5 Å². The Bertz CT molecular complexity index is 1710. The lowest BCUT2D eigenvalue weighted by Gasteiger charge is -2.24. The van der Waals surface area contributed by atoms with Crippen LogP contribution in [0.15, 0.2) is 103 Å². The monoisotopic (exact) mass is 520 g/mol. The van der Waals surface area contributed by atoms with E-state index in [0.717, 1.165) is 27.6 Å². The van der Waals surface area contributed by atoms with Crippen LogP contribution in [0, 0.1) is 0 Å². The average Bonchev–Trinajstić information content (AvgIpc) is 3.32. The van der Waals surface area contributed by atoms with Gasteiger partial charge in [0.25, 0.3) is 5.91 Å². The first kappa shape index (κ1) is 23.9. The van der Waals surface area contributed by atoms with E-state index < -0.39 is 6.52 Å². The number of anilines is 1. The standard InChI is InChI=1S/C32H26ClN3O2/c1-22(37)11-12-23-7-6-10-29(17-23)36(32(38)24-8-4-3-5-9-24)21-27-14-13-26(19-30(27)33)25-15-16-31-28(18-25)20-34-35(31)2/h3-20H,21H2,1-2H3/b12-11+/i21D. The quantitative estimate of drug-likeness (QED) is 0.211. The summed E-state index contributed by atoms with van der Waals surface area (Å²) in [5, 5.41) is 5.72. The minimum atomic E-state index is -1.12. The second-order valence-electron chi connectivity index (χ2n) is 8.99. The number of aryl methyl sites for hydroxylation is 1. The van der Waals surface area contributed by atoms with Gasteiger partial charge in [0.2, 0.25) is 0 Å². The molecule has 188 valence electrons. The largest absolute Gasteiger partial charge is 0.304 e. The zero-order chi connectivity index (χ0) is 27.5. The molecule has 0 N–H and O–H groups in total. The molecule has 1 aromatic heterocycles. The molecule has 5 aromatic rings. The first-order valence-corrected chi connectivity index (χ1v) is 12.5. The Kier molecular flexibility index (Phi) is 6.83. The van der Waals surface area contributed by atoms with E-state index in [-0.39, 0.29) is 11.7 Å². The Labute approximate surface area is 228 Å². The maximum Gasteiger partial charge on any atom is 0.258 e. The van der Waals surface area contributed by atoms with Crippen molar-refractivity contribution in [2.24, 2.45) is 7.05 Å². The predicted octanol–water partition coefficient (Wildman–Crippen LogP) is 7.34. The Morgan fingerprint density at radius 3 is 2.50 bits per heavy atom. The van der Waals surface area contributed by atoms with Gasteiger partial charge < -0.3 is 4.90 Å². The van der Waals surface area contributed by atoms with E-state index in [1.807, 2.05) is 54.3 Å². The second-order valence-corrected chi connectivity index (χ2v) is 9.39. The number of halogens is 1. The number of nitrogens with zero attached hydrogens (tertiary/aromatic N) is 3. The summed E-state index contributed by atoms with van der Waals surface area (Å²) in [6.45, 7) is 0.360. The molecule has 5 rings (SSSR count). The number of aromatic nitrogens is 2. The summed E-state index contributed by atoms with van der Waals surface area (Å²) in [4.78, 5) is 26.6. The molecule has 0 spiro atoms. The van der Waals surface area contributed by atoms with Crippen molar-refractivity contribution in [2.75, 3.05) is 4.90 Å². The molecule has 1 unspecified atom stereocenters. The molecule has 4 aromatic carbocycles. The van der Waals surface area contributed by atoms with Crippen molar-refractivity contribution in [3.8, 4) is 11.1 Å². The molecule has 0 aliphatic heterocycles. The number of benzene rings is 4. The van der Waals surface area contributed by atoms with E-state index in [4.69, 9.17) is 11.6 Å².